The molecular formula is C17H29N3O2S. The molecule has 2 rings (SSSR count). The van der Waals surface area contributed by atoms with Crippen LogP contribution in [0.1, 0.15) is 50.7 Å². The Balaban J connectivity index is 1.70. The summed E-state index contributed by atoms with van der Waals surface area (Å²) >= 11 is 1.67. The molecule has 2 heterocycles. The van der Waals surface area contributed by atoms with Crippen LogP contribution in [-0.4, -0.2) is 48.8 Å². The van der Waals surface area contributed by atoms with Crippen molar-refractivity contribution in [2.24, 2.45) is 0 Å². The predicted molar refractivity (Wildman–Crippen MR) is 94.1 cm³/mol. The summed E-state index contributed by atoms with van der Waals surface area (Å²) in [6.07, 6.45) is 4.34. The first-order valence-corrected chi connectivity index (χ1v) is 9.29. The maximum atomic E-state index is 12.1. The molecule has 1 fully saturated rings. The van der Waals surface area contributed by atoms with Crippen molar-refractivity contribution < 1.29 is 9.53 Å². The fourth-order valence-corrected chi connectivity index (χ4v) is 3.55. The van der Waals surface area contributed by atoms with Crippen molar-refractivity contribution >= 4 is 17.4 Å². The summed E-state index contributed by atoms with van der Waals surface area (Å²) in [5.74, 6) is 0. The quantitative estimate of drug-likeness (QED) is 0.896. The lowest BCUT2D eigenvalue weighted by molar-refractivity contribution is 0.00388. The first kappa shape index (κ1) is 18.2. The second-order valence-corrected chi connectivity index (χ2v) is 8.17. The number of amides is 2. The van der Waals surface area contributed by atoms with Gasteiger partial charge in [0.25, 0.3) is 0 Å². The van der Waals surface area contributed by atoms with Crippen LogP contribution in [-0.2, 0) is 16.6 Å². The van der Waals surface area contributed by atoms with Gasteiger partial charge in [0.2, 0.25) is 0 Å². The molecule has 0 spiro atoms. The van der Waals surface area contributed by atoms with Crippen LogP contribution < -0.4 is 5.32 Å². The molecule has 1 saturated heterocycles. The molecule has 1 aliphatic rings. The van der Waals surface area contributed by atoms with Crippen LogP contribution in [0.4, 0.5) is 4.79 Å². The van der Waals surface area contributed by atoms with Gasteiger partial charge in [0.05, 0.1) is 16.8 Å². The average molecular weight is 340 g/mol. The largest absolute Gasteiger partial charge is 0.376 e. The van der Waals surface area contributed by atoms with Gasteiger partial charge >= 0.3 is 6.03 Å². The van der Waals surface area contributed by atoms with E-state index in [2.05, 4.69) is 36.5 Å². The molecule has 0 aromatic carbocycles. The summed E-state index contributed by atoms with van der Waals surface area (Å²) < 4.78 is 5.68. The van der Waals surface area contributed by atoms with Crippen LogP contribution in [0.2, 0.25) is 0 Å². The standard InChI is InChI=1S/C17H29N3O2S/c1-17(2,3)14-12-23-15(19-14)8-9-18-16(21)20(4)11-13-7-5-6-10-22-13/h12-13H,5-11H2,1-4H3,(H,18,21). The molecule has 130 valence electrons. The fraction of sp³-hybridized carbons (Fsp3) is 0.765. The number of thiazole rings is 1. The third-order valence-electron chi connectivity index (χ3n) is 4.03. The molecule has 1 atom stereocenters. The first-order valence-electron chi connectivity index (χ1n) is 8.41. The monoisotopic (exact) mass is 339 g/mol. The van der Waals surface area contributed by atoms with Crippen molar-refractivity contribution in [1.29, 1.82) is 0 Å². The first-order chi connectivity index (χ1) is 10.9. The zero-order valence-electron chi connectivity index (χ0n) is 14.7. The molecule has 6 heteroatoms. The number of likely N-dealkylation sites (N-methyl/N-ethyl adjacent to an activating group) is 1. The molecule has 1 aliphatic heterocycles. The molecule has 0 radical (unpaired) electrons. The smallest absolute Gasteiger partial charge is 0.317 e. The highest BCUT2D eigenvalue weighted by atomic mass is 32.1. The lowest BCUT2D eigenvalue weighted by Crippen LogP contribution is -2.43. The lowest BCUT2D eigenvalue weighted by atomic mass is 9.93. The van der Waals surface area contributed by atoms with Gasteiger partial charge in [-0.1, -0.05) is 20.8 Å². The molecule has 1 N–H and O–H groups in total. The fourth-order valence-electron chi connectivity index (χ4n) is 2.52. The highest BCUT2D eigenvalue weighted by Gasteiger charge is 2.19. The van der Waals surface area contributed by atoms with E-state index in [1.165, 1.54) is 6.42 Å². The van der Waals surface area contributed by atoms with Crippen LogP contribution in [0, 0.1) is 0 Å². The number of nitrogens with one attached hydrogen (secondary N) is 1. The Morgan fingerprint density at radius 1 is 1.48 bits per heavy atom. The average Bonchev–Trinajstić information content (AvgIpc) is 2.97. The van der Waals surface area contributed by atoms with E-state index in [-0.39, 0.29) is 17.6 Å². The summed E-state index contributed by atoms with van der Waals surface area (Å²) in [6.45, 7) is 8.59. The minimum Gasteiger partial charge on any atom is -0.376 e. The normalized spacial score (nSPS) is 18.7. The van der Waals surface area contributed by atoms with Gasteiger partial charge in [-0.05, 0) is 19.3 Å². The van der Waals surface area contributed by atoms with Gasteiger partial charge in [-0.25, -0.2) is 9.78 Å². The summed E-state index contributed by atoms with van der Waals surface area (Å²) in [5.41, 5.74) is 1.20. The second kappa shape index (κ2) is 8.11. The third-order valence-corrected chi connectivity index (χ3v) is 4.94. The maximum Gasteiger partial charge on any atom is 0.317 e. The molecule has 2 amide bonds. The van der Waals surface area contributed by atoms with Crippen molar-refractivity contribution in [3.8, 4) is 0 Å². The van der Waals surface area contributed by atoms with E-state index < -0.39 is 0 Å². The van der Waals surface area contributed by atoms with E-state index in [9.17, 15) is 4.79 Å². The molecule has 0 aliphatic carbocycles. The maximum absolute atomic E-state index is 12.1. The van der Waals surface area contributed by atoms with Gasteiger partial charge in [0.1, 0.15) is 0 Å². The van der Waals surface area contributed by atoms with Crippen LogP contribution in [0.25, 0.3) is 0 Å². The number of rotatable bonds is 5. The van der Waals surface area contributed by atoms with Gasteiger partial charge < -0.3 is 15.0 Å². The Morgan fingerprint density at radius 2 is 2.26 bits per heavy atom. The summed E-state index contributed by atoms with van der Waals surface area (Å²) in [4.78, 5) is 18.5. The Bertz CT molecular complexity index is 504. The van der Waals surface area contributed by atoms with Crippen LogP contribution in [0.3, 0.4) is 0 Å². The zero-order chi connectivity index (χ0) is 16.9. The number of hydrogen-bond donors (Lipinski definition) is 1. The van der Waals surface area contributed by atoms with Gasteiger partial charge in [-0.2, -0.15) is 0 Å². The van der Waals surface area contributed by atoms with Gasteiger partial charge in [-0.15, -0.1) is 11.3 Å². The Labute approximate surface area is 143 Å². The van der Waals surface area contributed by atoms with Crippen molar-refractivity contribution in [2.75, 3.05) is 26.7 Å². The summed E-state index contributed by atoms with van der Waals surface area (Å²) in [6, 6.07) is -0.0354. The molecule has 0 bridgehead atoms. The third kappa shape index (κ3) is 5.77. The molecule has 1 aromatic rings. The summed E-state index contributed by atoms with van der Waals surface area (Å²) in [7, 11) is 1.83. The number of carbonyl (C=O) groups is 1. The van der Waals surface area contributed by atoms with Gasteiger partial charge in [0, 0.05) is 44.0 Å². The molecule has 1 aromatic heterocycles. The van der Waals surface area contributed by atoms with Crippen LogP contribution in [0.15, 0.2) is 5.38 Å². The number of nitrogens with zero attached hydrogens (tertiary/aromatic N) is 2. The lowest BCUT2D eigenvalue weighted by Gasteiger charge is -2.27. The molecule has 23 heavy (non-hydrogen) atoms. The molecule has 0 saturated carbocycles. The van der Waals surface area contributed by atoms with Crippen molar-refractivity contribution in [3.05, 3.63) is 16.1 Å². The van der Waals surface area contributed by atoms with E-state index >= 15 is 0 Å². The highest BCUT2D eigenvalue weighted by molar-refractivity contribution is 7.09. The summed E-state index contributed by atoms with van der Waals surface area (Å²) in [5, 5.41) is 6.16. The Hall–Kier alpha value is -1.14. The predicted octanol–water partition coefficient (Wildman–Crippen LogP) is 3.19. The van der Waals surface area contributed by atoms with E-state index in [4.69, 9.17) is 4.74 Å². The molecule has 5 nitrogen and oxygen atoms in total. The molecular weight excluding hydrogens is 310 g/mol. The van der Waals surface area contributed by atoms with Crippen molar-refractivity contribution in [1.82, 2.24) is 15.2 Å². The van der Waals surface area contributed by atoms with Crippen LogP contribution in [0.5, 0.6) is 0 Å². The number of urea groups is 1. The van der Waals surface area contributed by atoms with E-state index in [1.807, 2.05) is 7.05 Å². The Kier molecular flexibility index (Phi) is 6.41. The van der Waals surface area contributed by atoms with E-state index in [0.717, 1.165) is 36.6 Å². The highest BCUT2D eigenvalue weighted by Crippen LogP contribution is 2.23. The van der Waals surface area contributed by atoms with Crippen molar-refractivity contribution in [2.45, 2.75) is 58.0 Å². The SMILES string of the molecule is CN(CC1CCCCO1)C(=O)NCCc1nc(C(C)(C)C)cs1. The number of carbonyl (C=O) groups excluding carboxylic acids is 1. The molecule has 1 unspecified atom stereocenters. The van der Waals surface area contributed by atoms with Crippen molar-refractivity contribution in [3.63, 3.8) is 0 Å². The van der Waals surface area contributed by atoms with E-state index in [1.54, 1.807) is 16.2 Å². The minimum atomic E-state index is -0.0354. The van der Waals surface area contributed by atoms with E-state index in [0.29, 0.717) is 13.1 Å². The second-order valence-electron chi connectivity index (χ2n) is 7.23. The van der Waals surface area contributed by atoms with Gasteiger partial charge in [0.15, 0.2) is 0 Å². The number of hydrogen-bond acceptors (Lipinski definition) is 4. The zero-order valence-corrected chi connectivity index (χ0v) is 15.5. The number of aromatic nitrogens is 1. The van der Waals surface area contributed by atoms with Crippen LogP contribution >= 0.6 is 11.3 Å². The minimum absolute atomic E-state index is 0.0354. The van der Waals surface area contributed by atoms with Gasteiger partial charge in [-0.3, -0.25) is 0 Å². The topological polar surface area (TPSA) is 54.5 Å². The number of ether oxygens (including phenoxy) is 1. The Morgan fingerprint density at radius 3 is 2.87 bits per heavy atom.